The largest absolute Gasteiger partial charge is 0.342 e. The maximum absolute atomic E-state index is 13.2. The third-order valence-corrected chi connectivity index (χ3v) is 6.94. The number of para-hydroxylation sites is 1. The molecule has 37 heavy (non-hydrogen) atoms. The van der Waals surface area contributed by atoms with Crippen molar-refractivity contribution in [2.45, 2.75) is 13.5 Å². The summed E-state index contributed by atoms with van der Waals surface area (Å²) >= 11 is 0. The molecule has 1 saturated heterocycles. The Morgan fingerprint density at radius 1 is 1.03 bits per heavy atom. The molecule has 0 radical (unpaired) electrons. The molecule has 1 N–H and O–H groups in total. The van der Waals surface area contributed by atoms with Crippen molar-refractivity contribution in [2.24, 2.45) is 22.1 Å². The average molecular weight is 493 g/mol. The van der Waals surface area contributed by atoms with E-state index in [1.807, 2.05) is 65.4 Å². The lowest BCUT2D eigenvalue weighted by Crippen LogP contribution is -2.50. The number of benzene rings is 2. The minimum absolute atomic E-state index is 0.0801. The number of azo groups is 1. The molecule has 2 aromatic carbocycles. The van der Waals surface area contributed by atoms with Crippen molar-refractivity contribution in [3.63, 3.8) is 0 Å². The predicted octanol–water partition coefficient (Wildman–Crippen LogP) is 4.21. The fraction of sp³-hybridized carbons (Fsp3) is 0.214. The molecule has 1 atom stereocenters. The van der Waals surface area contributed by atoms with E-state index < -0.39 is 5.92 Å². The first-order chi connectivity index (χ1) is 18.0. The van der Waals surface area contributed by atoms with Crippen molar-refractivity contribution < 1.29 is 14.4 Å². The van der Waals surface area contributed by atoms with Gasteiger partial charge < -0.3 is 10.2 Å². The molecule has 9 nitrogen and oxygen atoms in total. The van der Waals surface area contributed by atoms with Gasteiger partial charge in [0, 0.05) is 49.1 Å². The van der Waals surface area contributed by atoms with Gasteiger partial charge in [-0.2, -0.15) is 5.10 Å². The zero-order valence-electron chi connectivity index (χ0n) is 20.2. The number of fused-ring (bicyclic) bond motifs is 2. The van der Waals surface area contributed by atoms with Gasteiger partial charge >= 0.3 is 0 Å². The molecule has 9 heteroatoms. The van der Waals surface area contributed by atoms with Crippen LogP contribution in [0.5, 0.6) is 0 Å². The number of hydrogen-bond donors (Lipinski definition) is 1. The van der Waals surface area contributed by atoms with E-state index in [4.69, 9.17) is 0 Å². The third kappa shape index (κ3) is 4.18. The van der Waals surface area contributed by atoms with Crippen LogP contribution in [0.3, 0.4) is 0 Å². The summed E-state index contributed by atoms with van der Waals surface area (Å²) in [7, 11) is 0. The third-order valence-electron chi connectivity index (χ3n) is 6.94. The van der Waals surface area contributed by atoms with Crippen LogP contribution in [0.4, 0.5) is 5.69 Å². The second kappa shape index (κ2) is 9.09. The van der Waals surface area contributed by atoms with E-state index in [9.17, 15) is 14.4 Å². The van der Waals surface area contributed by atoms with E-state index >= 15 is 0 Å². The van der Waals surface area contributed by atoms with Gasteiger partial charge in [-0.1, -0.05) is 54.6 Å². The fourth-order valence-corrected chi connectivity index (χ4v) is 4.95. The number of hydrogen-bond acceptors (Lipinski definition) is 5. The monoisotopic (exact) mass is 492 g/mol. The van der Waals surface area contributed by atoms with E-state index in [1.54, 1.807) is 24.0 Å². The van der Waals surface area contributed by atoms with Crippen molar-refractivity contribution in [3.8, 4) is 0 Å². The second-order valence-corrected chi connectivity index (χ2v) is 9.43. The summed E-state index contributed by atoms with van der Waals surface area (Å²) in [5, 5.41) is 16.3. The molecule has 0 bridgehead atoms. The number of allylic oxidation sites excluding steroid dienone is 3. The lowest BCUT2D eigenvalue weighted by atomic mass is 9.89. The number of nitrogens with zero attached hydrogens (tertiary/aromatic N) is 5. The maximum atomic E-state index is 13.2. The van der Waals surface area contributed by atoms with Crippen LogP contribution < -0.4 is 5.32 Å². The van der Waals surface area contributed by atoms with Crippen molar-refractivity contribution in [1.82, 2.24) is 14.7 Å². The first-order valence-corrected chi connectivity index (χ1v) is 12.2. The van der Waals surface area contributed by atoms with Crippen LogP contribution in [0, 0.1) is 11.8 Å². The molecule has 3 aliphatic rings. The highest BCUT2D eigenvalue weighted by atomic mass is 16.2. The van der Waals surface area contributed by atoms with Crippen LogP contribution in [0.25, 0.3) is 16.6 Å². The summed E-state index contributed by atoms with van der Waals surface area (Å²) in [5.41, 5.74) is 4.13. The van der Waals surface area contributed by atoms with Crippen molar-refractivity contribution in [2.75, 3.05) is 18.4 Å². The number of carbonyl (C=O) groups is 3. The van der Waals surface area contributed by atoms with Gasteiger partial charge in [-0.25, -0.2) is 0 Å². The molecule has 3 aromatic rings. The number of nitrogens with one attached hydrogen (secondary N) is 1. The van der Waals surface area contributed by atoms with Crippen LogP contribution >= 0.6 is 0 Å². The van der Waals surface area contributed by atoms with Crippen LogP contribution in [-0.2, 0) is 16.1 Å². The Bertz CT molecular complexity index is 1550. The molecule has 1 fully saturated rings. The Morgan fingerprint density at radius 3 is 2.59 bits per heavy atom. The standard InChI is InChI=1S/C28H24N6O3/c1-17(35)33-14-18(15-33)16-34-24-9-5-4-8-23(24)26(32-34)28(37)29-20-12-10-19(11-13-20)25-21-6-2-3-7-22(21)27(36)31-30-25/h2-13,18,22H,14-16H2,1H3,(H,29,37). The number of anilines is 1. The van der Waals surface area contributed by atoms with E-state index in [0.29, 0.717) is 42.6 Å². The van der Waals surface area contributed by atoms with Gasteiger partial charge in [-0.3, -0.25) is 19.1 Å². The summed E-state index contributed by atoms with van der Waals surface area (Å²) in [6, 6.07) is 15.0. The molecular weight excluding hydrogens is 468 g/mol. The molecule has 1 aliphatic carbocycles. The summed E-state index contributed by atoms with van der Waals surface area (Å²) in [5.74, 6) is -0.592. The Kier molecular flexibility index (Phi) is 5.60. The number of rotatable bonds is 5. The maximum Gasteiger partial charge on any atom is 0.276 e. The highest BCUT2D eigenvalue weighted by Crippen LogP contribution is 2.34. The lowest BCUT2D eigenvalue weighted by Gasteiger charge is -2.38. The molecule has 1 aromatic heterocycles. The molecule has 3 amide bonds. The zero-order valence-corrected chi connectivity index (χ0v) is 20.2. The molecule has 0 saturated carbocycles. The first-order valence-electron chi connectivity index (χ1n) is 12.2. The molecule has 0 spiro atoms. The van der Waals surface area contributed by atoms with Crippen molar-refractivity contribution in [3.05, 3.63) is 89.7 Å². The molecule has 184 valence electrons. The average Bonchev–Trinajstić information content (AvgIpc) is 3.25. The van der Waals surface area contributed by atoms with Crippen molar-refractivity contribution in [1.29, 1.82) is 0 Å². The van der Waals surface area contributed by atoms with Gasteiger partial charge in [0.2, 0.25) is 5.91 Å². The van der Waals surface area contributed by atoms with Crippen molar-refractivity contribution >= 4 is 40.0 Å². The molecular formula is C28H24N6O3. The Morgan fingerprint density at radius 2 is 1.81 bits per heavy atom. The Hall–Kier alpha value is -4.66. The highest BCUT2D eigenvalue weighted by molar-refractivity contribution is 6.11. The summed E-state index contributed by atoms with van der Waals surface area (Å²) in [4.78, 5) is 38.6. The molecule has 6 rings (SSSR count). The number of likely N-dealkylation sites (tertiary alicyclic amines) is 1. The van der Waals surface area contributed by atoms with Gasteiger partial charge in [0.05, 0.1) is 17.1 Å². The van der Waals surface area contributed by atoms with Gasteiger partial charge in [0.25, 0.3) is 11.8 Å². The summed E-state index contributed by atoms with van der Waals surface area (Å²) in [6.45, 7) is 3.63. The van der Waals surface area contributed by atoms with Gasteiger partial charge in [-0.15, -0.1) is 10.2 Å². The zero-order chi connectivity index (χ0) is 25.5. The van der Waals surface area contributed by atoms with Crippen LogP contribution in [-0.4, -0.2) is 45.5 Å². The van der Waals surface area contributed by atoms with Crippen LogP contribution in [0.1, 0.15) is 23.0 Å². The fourth-order valence-electron chi connectivity index (χ4n) is 4.95. The van der Waals surface area contributed by atoms with Crippen LogP contribution in [0.15, 0.2) is 88.6 Å². The quantitative estimate of drug-likeness (QED) is 0.575. The molecule has 1 unspecified atom stereocenters. The van der Waals surface area contributed by atoms with Gasteiger partial charge in [0.1, 0.15) is 0 Å². The molecule has 3 heterocycles. The van der Waals surface area contributed by atoms with E-state index in [1.165, 1.54) is 0 Å². The number of aromatic nitrogens is 2. The normalized spacial score (nSPS) is 18.8. The van der Waals surface area contributed by atoms with E-state index in [2.05, 4.69) is 20.6 Å². The summed E-state index contributed by atoms with van der Waals surface area (Å²) in [6.07, 6.45) is 7.41. The van der Waals surface area contributed by atoms with E-state index in [0.717, 1.165) is 22.0 Å². The minimum atomic E-state index is -0.411. The lowest BCUT2D eigenvalue weighted by molar-refractivity contribution is -0.135. The predicted molar refractivity (Wildman–Crippen MR) is 138 cm³/mol. The van der Waals surface area contributed by atoms with Gasteiger partial charge in [-0.05, 0) is 23.8 Å². The second-order valence-electron chi connectivity index (χ2n) is 9.43. The topological polar surface area (TPSA) is 109 Å². The SMILES string of the molecule is CC(=O)N1CC(Cn2nc(C(=O)Nc3ccc(C4=C5C=CC=CC5C(=O)N=N4)cc3)c3ccccc32)C1. The first kappa shape index (κ1) is 22.8. The number of carbonyl (C=O) groups excluding carboxylic acids is 3. The van der Waals surface area contributed by atoms with E-state index in [-0.39, 0.29) is 17.7 Å². The summed E-state index contributed by atoms with van der Waals surface area (Å²) < 4.78 is 1.86. The smallest absolute Gasteiger partial charge is 0.276 e. The molecule has 2 aliphatic heterocycles. The van der Waals surface area contributed by atoms with Crippen LogP contribution in [0.2, 0.25) is 0 Å². The minimum Gasteiger partial charge on any atom is -0.342 e. The highest BCUT2D eigenvalue weighted by Gasteiger charge is 2.30. The Labute approximate surface area is 212 Å². The Balaban J connectivity index is 1.21. The van der Waals surface area contributed by atoms with Gasteiger partial charge in [0.15, 0.2) is 5.69 Å². The number of amides is 3.